The van der Waals surface area contributed by atoms with E-state index in [0.29, 0.717) is 35.8 Å². The van der Waals surface area contributed by atoms with Crippen LogP contribution in [0, 0.1) is 0 Å². The van der Waals surface area contributed by atoms with Crippen LogP contribution in [-0.4, -0.2) is 25.2 Å². The molecule has 1 amide bonds. The number of carbonyl (C=O) groups excluding carboxylic acids is 1. The Morgan fingerprint density at radius 3 is 2.77 bits per heavy atom. The molecule has 0 aromatic heterocycles. The molecule has 1 N–H and O–H groups in total. The molecule has 0 bridgehead atoms. The van der Waals surface area contributed by atoms with Gasteiger partial charge >= 0.3 is 0 Å². The summed E-state index contributed by atoms with van der Waals surface area (Å²) in [7, 11) is 0. The molecule has 0 unspecified atom stereocenters. The normalized spacial score (nSPS) is 14.1. The monoisotopic (exact) mass is 323 g/mol. The standard InChI is InChI=1S/C17H22ClNO3/c1-3-9-22-17-14(18)10-12(11-15(17)21-4-2)5-8-16(20)19-13-6-7-13/h5,8,10-11,13H,3-4,6-7,9H2,1-2H3,(H,19,20)/b8-5+. The van der Waals surface area contributed by atoms with Crippen LogP contribution in [0.4, 0.5) is 0 Å². The van der Waals surface area contributed by atoms with E-state index in [1.807, 2.05) is 19.9 Å². The van der Waals surface area contributed by atoms with Crippen LogP contribution in [0.2, 0.25) is 5.02 Å². The quantitative estimate of drug-likeness (QED) is 0.740. The number of halogens is 1. The van der Waals surface area contributed by atoms with Crippen LogP contribution in [0.15, 0.2) is 18.2 Å². The summed E-state index contributed by atoms with van der Waals surface area (Å²) in [4.78, 5) is 11.7. The van der Waals surface area contributed by atoms with Gasteiger partial charge in [-0.05, 0) is 50.0 Å². The van der Waals surface area contributed by atoms with Crippen molar-refractivity contribution in [3.05, 3.63) is 28.8 Å². The molecule has 2 rings (SSSR count). The Morgan fingerprint density at radius 2 is 2.14 bits per heavy atom. The van der Waals surface area contributed by atoms with Gasteiger partial charge in [-0.15, -0.1) is 0 Å². The molecular weight excluding hydrogens is 302 g/mol. The van der Waals surface area contributed by atoms with Gasteiger partial charge < -0.3 is 14.8 Å². The Morgan fingerprint density at radius 1 is 1.36 bits per heavy atom. The number of ether oxygens (including phenoxy) is 2. The number of nitrogens with one attached hydrogen (secondary N) is 1. The van der Waals surface area contributed by atoms with Crippen LogP contribution in [0.1, 0.15) is 38.7 Å². The molecule has 1 aliphatic rings. The van der Waals surface area contributed by atoms with Crippen LogP contribution < -0.4 is 14.8 Å². The highest BCUT2D eigenvalue weighted by Gasteiger charge is 2.22. The summed E-state index contributed by atoms with van der Waals surface area (Å²) in [5.41, 5.74) is 0.809. The molecule has 1 aliphatic carbocycles. The van der Waals surface area contributed by atoms with E-state index in [0.717, 1.165) is 24.8 Å². The summed E-state index contributed by atoms with van der Waals surface area (Å²) in [6.07, 6.45) is 6.29. The molecule has 0 saturated heterocycles. The molecule has 0 spiro atoms. The van der Waals surface area contributed by atoms with Gasteiger partial charge in [-0.2, -0.15) is 0 Å². The maximum Gasteiger partial charge on any atom is 0.244 e. The minimum Gasteiger partial charge on any atom is -0.490 e. The van der Waals surface area contributed by atoms with Crippen molar-refractivity contribution in [3.63, 3.8) is 0 Å². The number of carbonyl (C=O) groups is 1. The highest BCUT2D eigenvalue weighted by Crippen LogP contribution is 2.37. The molecule has 4 nitrogen and oxygen atoms in total. The van der Waals surface area contributed by atoms with Gasteiger partial charge in [0.05, 0.1) is 18.2 Å². The molecule has 1 fully saturated rings. The third-order valence-corrected chi connectivity index (χ3v) is 3.41. The van der Waals surface area contributed by atoms with E-state index in [1.165, 1.54) is 6.08 Å². The maximum absolute atomic E-state index is 11.7. The van der Waals surface area contributed by atoms with E-state index in [9.17, 15) is 4.79 Å². The largest absolute Gasteiger partial charge is 0.490 e. The SMILES string of the molecule is CCCOc1c(Cl)cc(/C=C/C(=O)NC2CC2)cc1OCC. The average molecular weight is 324 g/mol. The molecule has 1 aromatic rings. The Hall–Kier alpha value is -1.68. The van der Waals surface area contributed by atoms with E-state index in [4.69, 9.17) is 21.1 Å². The van der Waals surface area contributed by atoms with Crippen molar-refractivity contribution in [2.45, 2.75) is 39.2 Å². The lowest BCUT2D eigenvalue weighted by Crippen LogP contribution is -2.22. The minimum absolute atomic E-state index is 0.0807. The molecule has 0 heterocycles. The van der Waals surface area contributed by atoms with Crippen molar-refractivity contribution in [1.29, 1.82) is 0 Å². The van der Waals surface area contributed by atoms with Gasteiger partial charge in [-0.25, -0.2) is 0 Å². The molecule has 22 heavy (non-hydrogen) atoms. The summed E-state index contributed by atoms with van der Waals surface area (Å²) in [6.45, 7) is 5.04. The third kappa shape index (κ3) is 4.95. The van der Waals surface area contributed by atoms with Crippen molar-refractivity contribution in [3.8, 4) is 11.5 Å². The summed E-state index contributed by atoms with van der Waals surface area (Å²) >= 11 is 6.28. The fraction of sp³-hybridized carbons (Fsp3) is 0.471. The Balaban J connectivity index is 2.13. The molecule has 5 heteroatoms. The zero-order chi connectivity index (χ0) is 15.9. The molecule has 1 saturated carbocycles. The highest BCUT2D eigenvalue weighted by molar-refractivity contribution is 6.32. The fourth-order valence-electron chi connectivity index (χ4n) is 1.94. The summed E-state index contributed by atoms with van der Waals surface area (Å²) in [5, 5.41) is 3.39. The fourth-order valence-corrected chi connectivity index (χ4v) is 2.21. The topological polar surface area (TPSA) is 47.6 Å². The van der Waals surface area contributed by atoms with Gasteiger partial charge in [0, 0.05) is 12.1 Å². The first-order valence-electron chi connectivity index (χ1n) is 7.71. The predicted molar refractivity (Wildman–Crippen MR) is 88.6 cm³/mol. The van der Waals surface area contributed by atoms with E-state index in [-0.39, 0.29) is 5.91 Å². The molecule has 0 atom stereocenters. The van der Waals surface area contributed by atoms with Crippen LogP contribution in [0.3, 0.4) is 0 Å². The Labute approximate surface area is 136 Å². The van der Waals surface area contributed by atoms with E-state index in [2.05, 4.69) is 5.32 Å². The first-order chi connectivity index (χ1) is 10.6. The van der Waals surface area contributed by atoms with Gasteiger partial charge in [0.1, 0.15) is 0 Å². The van der Waals surface area contributed by atoms with Crippen molar-refractivity contribution in [2.75, 3.05) is 13.2 Å². The van der Waals surface area contributed by atoms with Crippen LogP contribution in [0.5, 0.6) is 11.5 Å². The van der Waals surface area contributed by atoms with Crippen LogP contribution in [0.25, 0.3) is 6.08 Å². The highest BCUT2D eigenvalue weighted by atomic mass is 35.5. The summed E-state index contributed by atoms with van der Waals surface area (Å²) in [5.74, 6) is 1.08. The van der Waals surface area contributed by atoms with Crippen molar-refractivity contribution < 1.29 is 14.3 Å². The lowest BCUT2D eigenvalue weighted by atomic mass is 10.2. The Bertz CT molecular complexity index is 553. The Kier molecular flexibility index (Phi) is 6.13. The van der Waals surface area contributed by atoms with E-state index >= 15 is 0 Å². The smallest absolute Gasteiger partial charge is 0.244 e. The molecule has 1 aromatic carbocycles. The van der Waals surface area contributed by atoms with Crippen molar-refractivity contribution >= 4 is 23.6 Å². The molecule has 120 valence electrons. The summed E-state index contributed by atoms with van der Waals surface area (Å²) in [6, 6.07) is 3.96. The second-order valence-corrected chi connectivity index (χ2v) is 5.63. The second kappa shape index (κ2) is 8.08. The molecular formula is C17H22ClNO3. The van der Waals surface area contributed by atoms with Crippen LogP contribution in [-0.2, 0) is 4.79 Å². The van der Waals surface area contributed by atoms with Crippen molar-refractivity contribution in [1.82, 2.24) is 5.32 Å². The number of benzene rings is 1. The zero-order valence-corrected chi connectivity index (χ0v) is 13.8. The lowest BCUT2D eigenvalue weighted by molar-refractivity contribution is -0.116. The van der Waals surface area contributed by atoms with Gasteiger partial charge in [0.2, 0.25) is 5.91 Å². The second-order valence-electron chi connectivity index (χ2n) is 5.23. The first kappa shape index (κ1) is 16.7. The number of amides is 1. The first-order valence-corrected chi connectivity index (χ1v) is 8.09. The predicted octanol–water partition coefficient (Wildman–Crippen LogP) is 3.82. The van der Waals surface area contributed by atoms with Gasteiger partial charge in [-0.3, -0.25) is 4.79 Å². The minimum atomic E-state index is -0.0807. The lowest BCUT2D eigenvalue weighted by Gasteiger charge is -2.14. The molecule has 0 aliphatic heterocycles. The number of hydrogen-bond acceptors (Lipinski definition) is 3. The summed E-state index contributed by atoms with van der Waals surface area (Å²) < 4.78 is 11.2. The molecule has 0 radical (unpaired) electrons. The average Bonchev–Trinajstić information content (AvgIpc) is 3.28. The van der Waals surface area contributed by atoms with Crippen LogP contribution >= 0.6 is 11.6 Å². The van der Waals surface area contributed by atoms with Gasteiger partial charge in [-0.1, -0.05) is 18.5 Å². The van der Waals surface area contributed by atoms with E-state index < -0.39 is 0 Å². The zero-order valence-electron chi connectivity index (χ0n) is 13.0. The van der Waals surface area contributed by atoms with E-state index in [1.54, 1.807) is 12.1 Å². The van der Waals surface area contributed by atoms with Crippen molar-refractivity contribution in [2.24, 2.45) is 0 Å². The maximum atomic E-state index is 11.7. The van der Waals surface area contributed by atoms with Gasteiger partial charge in [0.15, 0.2) is 11.5 Å². The number of rotatable bonds is 8. The number of hydrogen-bond donors (Lipinski definition) is 1. The third-order valence-electron chi connectivity index (χ3n) is 3.13. The van der Waals surface area contributed by atoms with Gasteiger partial charge in [0.25, 0.3) is 0 Å².